The second-order valence-electron chi connectivity index (χ2n) is 11.4. The average molecular weight is 472 g/mol. The molecule has 0 saturated carbocycles. The van der Waals surface area contributed by atoms with Gasteiger partial charge in [-0.2, -0.15) is 10.4 Å². The van der Waals surface area contributed by atoms with Crippen molar-refractivity contribution in [2.24, 2.45) is 5.41 Å². The molecule has 1 amide bonds. The first kappa shape index (κ1) is 25.1. The number of fused-ring (bicyclic) bond motifs is 1. The van der Waals surface area contributed by atoms with Gasteiger partial charge in [0, 0.05) is 51.2 Å². The van der Waals surface area contributed by atoms with Crippen molar-refractivity contribution in [3.63, 3.8) is 0 Å². The van der Waals surface area contributed by atoms with E-state index in [-0.39, 0.29) is 11.5 Å². The molecular weight excluding hydrogens is 434 g/mol. The van der Waals surface area contributed by atoms with Crippen LogP contribution in [0.15, 0.2) is 24.4 Å². The number of nitriles is 1. The quantitative estimate of drug-likeness (QED) is 0.424. The lowest BCUT2D eigenvalue weighted by atomic mass is 9.74. The summed E-state index contributed by atoms with van der Waals surface area (Å²) in [5.74, 6) is 0. The second-order valence-corrected chi connectivity index (χ2v) is 17.0. The van der Waals surface area contributed by atoms with Crippen molar-refractivity contribution < 1.29 is 14.6 Å². The van der Waals surface area contributed by atoms with Crippen LogP contribution >= 0.6 is 0 Å². The third-order valence-electron chi connectivity index (χ3n) is 6.39. The van der Waals surface area contributed by atoms with Crippen LogP contribution in [0, 0.1) is 16.7 Å². The first-order chi connectivity index (χ1) is 15.3. The number of carboxylic acid groups (broad SMARTS) is 1. The molecule has 1 aromatic carbocycles. The molecule has 1 fully saturated rings. The molecule has 1 aliphatic rings. The van der Waals surface area contributed by atoms with Gasteiger partial charge in [-0.1, -0.05) is 40.4 Å². The second kappa shape index (κ2) is 9.35. The molecule has 2 atom stereocenters. The number of piperidine rings is 1. The highest BCUT2D eigenvalue weighted by atomic mass is 28.3. The molecule has 2 aromatic rings. The van der Waals surface area contributed by atoms with E-state index in [0.717, 1.165) is 29.2 Å². The van der Waals surface area contributed by atoms with Crippen molar-refractivity contribution in [3.8, 4) is 6.07 Å². The van der Waals surface area contributed by atoms with E-state index in [2.05, 4.69) is 36.1 Å². The summed E-state index contributed by atoms with van der Waals surface area (Å²) in [6, 6.07) is 9.26. The molecule has 2 N–H and O–H groups in total. The van der Waals surface area contributed by atoms with E-state index in [1.54, 1.807) is 0 Å². The Kier molecular flexibility index (Phi) is 7.10. The van der Waals surface area contributed by atoms with Crippen LogP contribution in [0.4, 0.5) is 10.5 Å². The maximum absolute atomic E-state index is 11.8. The summed E-state index contributed by atoms with van der Waals surface area (Å²) in [4.78, 5) is 13.2. The summed E-state index contributed by atoms with van der Waals surface area (Å²) in [6.07, 6.45) is 1.75. The molecule has 1 aliphatic heterocycles. The molecule has 8 nitrogen and oxygen atoms in total. The molecule has 0 spiro atoms. The fraction of sp³-hybridized carbons (Fsp3) is 0.625. The Balaban J connectivity index is 1.74. The number of nitrogens with zero attached hydrogens (tertiary/aromatic N) is 4. The summed E-state index contributed by atoms with van der Waals surface area (Å²) < 4.78 is 7.70. The third-order valence-corrected chi connectivity index (χ3v) is 8.10. The van der Waals surface area contributed by atoms with Crippen LogP contribution < -0.4 is 5.32 Å². The standard InChI is InChI=1S/C24H37N5O3Si/c1-23(2,3)21-14-24(16-25,9-10-28(21)22(30)31)27-19-7-8-20-18(13-19)15-26-29(20)17-32-11-12-33(4,5)6/h7-8,13,15,21,27H,9-12,14,17H2,1-6H3,(H,30,31). The lowest BCUT2D eigenvalue weighted by Gasteiger charge is -2.48. The first-order valence-corrected chi connectivity index (χ1v) is 15.3. The summed E-state index contributed by atoms with van der Waals surface area (Å²) >= 11 is 0. The van der Waals surface area contributed by atoms with Crippen LogP contribution in [-0.2, 0) is 11.5 Å². The third kappa shape index (κ3) is 6.06. The van der Waals surface area contributed by atoms with Crippen LogP contribution in [0.3, 0.4) is 0 Å². The van der Waals surface area contributed by atoms with Crippen molar-refractivity contribution in [3.05, 3.63) is 24.4 Å². The zero-order valence-corrected chi connectivity index (χ0v) is 21.7. The van der Waals surface area contributed by atoms with Crippen molar-refractivity contribution in [2.45, 2.75) is 77.6 Å². The lowest BCUT2D eigenvalue weighted by molar-refractivity contribution is 0.0464. The van der Waals surface area contributed by atoms with Crippen molar-refractivity contribution in [1.29, 1.82) is 5.26 Å². The Labute approximate surface area is 197 Å². The Morgan fingerprint density at radius 1 is 1.39 bits per heavy atom. The van der Waals surface area contributed by atoms with Gasteiger partial charge in [-0.15, -0.1) is 0 Å². The van der Waals surface area contributed by atoms with Gasteiger partial charge in [0.1, 0.15) is 12.3 Å². The number of nitrogens with one attached hydrogen (secondary N) is 1. The van der Waals surface area contributed by atoms with Crippen LogP contribution in [0.2, 0.25) is 25.7 Å². The molecule has 180 valence electrons. The molecule has 2 heterocycles. The van der Waals surface area contributed by atoms with Gasteiger partial charge in [-0.25, -0.2) is 9.48 Å². The molecule has 0 radical (unpaired) electrons. The van der Waals surface area contributed by atoms with E-state index in [4.69, 9.17) is 4.74 Å². The fourth-order valence-corrected chi connectivity index (χ4v) is 5.09. The minimum Gasteiger partial charge on any atom is -0.465 e. The van der Waals surface area contributed by atoms with E-state index < -0.39 is 19.7 Å². The highest BCUT2D eigenvalue weighted by molar-refractivity contribution is 6.76. The predicted octanol–water partition coefficient (Wildman–Crippen LogP) is 5.21. The van der Waals surface area contributed by atoms with E-state index in [1.807, 2.05) is 49.8 Å². The summed E-state index contributed by atoms with van der Waals surface area (Å²) in [5, 5.41) is 28.6. The largest absolute Gasteiger partial charge is 0.465 e. The van der Waals surface area contributed by atoms with E-state index in [9.17, 15) is 15.2 Å². The van der Waals surface area contributed by atoms with E-state index >= 15 is 0 Å². The number of amides is 1. The smallest absolute Gasteiger partial charge is 0.407 e. The fourth-order valence-electron chi connectivity index (χ4n) is 4.33. The number of likely N-dealkylation sites (tertiary alicyclic amines) is 1. The zero-order chi connectivity index (χ0) is 24.4. The van der Waals surface area contributed by atoms with Gasteiger partial charge < -0.3 is 20.1 Å². The summed E-state index contributed by atoms with van der Waals surface area (Å²) in [7, 11) is -1.13. The van der Waals surface area contributed by atoms with Crippen LogP contribution in [0.1, 0.15) is 33.6 Å². The molecule has 1 aromatic heterocycles. The van der Waals surface area contributed by atoms with Crippen LogP contribution in [0.25, 0.3) is 10.9 Å². The number of aromatic nitrogens is 2. The van der Waals surface area contributed by atoms with Crippen LogP contribution in [0.5, 0.6) is 0 Å². The van der Waals surface area contributed by atoms with Crippen molar-refractivity contribution >= 4 is 30.8 Å². The number of benzene rings is 1. The highest BCUT2D eigenvalue weighted by Gasteiger charge is 2.46. The van der Waals surface area contributed by atoms with Gasteiger partial charge in [0.2, 0.25) is 0 Å². The number of hydrogen-bond donors (Lipinski definition) is 2. The predicted molar refractivity (Wildman–Crippen MR) is 133 cm³/mol. The first-order valence-electron chi connectivity index (χ1n) is 11.6. The van der Waals surface area contributed by atoms with Gasteiger partial charge in [0.15, 0.2) is 0 Å². The maximum Gasteiger partial charge on any atom is 0.407 e. The van der Waals surface area contributed by atoms with E-state index in [0.29, 0.717) is 26.1 Å². The normalized spacial score (nSPS) is 21.7. The topological polar surface area (TPSA) is 103 Å². The number of anilines is 1. The minimum atomic E-state index is -1.13. The maximum atomic E-state index is 11.8. The summed E-state index contributed by atoms with van der Waals surface area (Å²) in [5.41, 5.74) is 0.712. The van der Waals surface area contributed by atoms with Crippen molar-refractivity contribution in [1.82, 2.24) is 14.7 Å². The van der Waals surface area contributed by atoms with Crippen molar-refractivity contribution in [2.75, 3.05) is 18.5 Å². The Bertz CT molecular complexity index is 1030. The number of hydrogen-bond acceptors (Lipinski definition) is 5. The SMILES string of the molecule is CC(C)(C)C1CC(C#N)(Nc2ccc3c(cnn3COCC[Si](C)(C)C)c2)CCN1C(=O)O. The average Bonchev–Trinajstić information content (AvgIpc) is 3.12. The van der Waals surface area contributed by atoms with Gasteiger partial charge in [0.25, 0.3) is 0 Å². The zero-order valence-electron chi connectivity index (χ0n) is 20.7. The molecule has 0 bridgehead atoms. The Morgan fingerprint density at radius 3 is 2.73 bits per heavy atom. The van der Waals surface area contributed by atoms with Gasteiger partial charge in [-0.3, -0.25) is 0 Å². The number of rotatable bonds is 7. The van der Waals surface area contributed by atoms with Gasteiger partial charge >= 0.3 is 6.09 Å². The monoisotopic (exact) mass is 471 g/mol. The van der Waals surface area contributed by atoms with Gasteiger partial charge in [-0.05, 0) is 29.7 Å². The Morgan fingerprint density at radius 2 is 2.12 bits per heavy atom. The molecule has 9 heteroatoms. The minimum absolute atomic E-state index is 0.254. The molecule has 2 unspecified atom stereocenters. The van der Waals surface area contributed by atoms with E-state index in [1.165, 1.54) is 4.90 Å². The highest BCUT2D eigenvalue weighted by Crippen LogP contribution is 2.38. The molecule has 33 heavy (non-hydrogen) atoms. The van der Waals surface area contributed by atoms with Gasteiger partial charge in [0.05, 0.1) is 17.8 Å². The van der Waals surface area contributed by atoms with Crippen LogP contribution in [-0.4, -0.2) is 58.7 Å². The molecule has 0 aliphatic carbocycles. The molecule has 3 rings (SSSR count). The lowest BCUT2D eigenvalue weighted by Crippen LogP contribution is -2.58. The summed E-state index contributed by atoms with van der Waals surface area (Å²) in [6.45, 7) is 14.5. The Hall–Kier alpha value is -2.57. The molecular formula is C24H37N5O3Si. The number of carbonyl (C=O) groups is 1. The molecule has 1 saturated heterocycles. The number of ether oxygens (including phenoxy) is 1.